The molecule has 4 rings (SSSR count). The summed E-state index contributed by atoms with van der Waals surface area (Å²) in [5.41, 5.74) is 3.34. The van der Waals surface area contributed by atoms with E-state index < -0.39 is 41.9 Å². The van der Waals surface area contributed by atoms with E-state index in [0.717, 1.165) is 0 Å². The molecule has 1 aliphatic carbocycles. The van der Waals surface area contributed by atoms with Crippen LogP contribution >= 0.6 is 0 Å². The van der Waals surface area contributed by atoms with Crippen LogP contribution in [0.2, 0.25) is 0 Å². The number of nitrogens with zero attached hydrogens (tertiary/aromatic N) is 1. The Morgan fingerprint density at radius 2 is 1.45 bits per heavy atom. The van der Waals surface area contributed by atoms with E-state index in [0.29, 0.717) is 62.9 Å². The molecule has 0 unspecified atom stereocenters. The van der Waals surface area contributed by atoms with Gasteiger partial charge in [0.1, 0.15) is 16.2 Å². The van der Waals surface area contributed by atoms with Crippen molar-refractivity contribution in [3.63, 3.8) is 0 Å². The van der Waals surface area contributed by atoms with Crippen LogP contribution in [0.1, 0.15) is 25.0 Å². The summed E-state index contributed by atoms with van der Waals surface area (Å²) in [6.07, 6.45) is 0.810. The van der Waals surface area contributed by atoms with E-state index in [1.165, 1.54) is 12.1 Å². The van der Waals surface area contributed by atoms with Gasteiger partial charge in [-0.25, -0.2) is 0 Å². The SMILES string of the molecule is CCc1c2oc3c(CC)c(NCCS(=O)(=O)O)ccc3c(-c3ccccc3S(=O)(=O)O)c-2ccc1=NCCS(=O)(=O)O. The highest BCUT2D eigenvalue weighted by Gasteiger charge is 2.26. The number of aryl methyl sites for hydroxylation is 1. The van der Waals surface area contributed by atoms with Crippen molar-refractivity contribution < 1.29 is 43.3 Å². The average Bonchev–Trinajstić information content (AvgIpc) is 2.89. The van der Waals surface area contributed by atoms with Gasteiger partial charge >= 0.3 is 0 Å². The van der Waals surface area contributed by atoms with E-state index in [9.17, 15) is 29.8 Å². The van der Waals surface area contributed by atoms with Crippen LogP contribution in [-0.4, -0.2) is 63.5 Å². The lowest BCUT2D eigenvalue weighted by molar-refractivity contribution is 0.481. The molecule has 0 bridgehead atoms. The van der Waals surface area contributed by atoms with E-state index in [4.69, 9.17) is 13.5 Å². The lowest BCUT2D eigenvalue weighted by Gasteiger charge is -2.21. The summed E-state index contributed by atoms with van der Waals surface area (Å²) in [4.78, 5) is 4.03. The van der Waals surface area contributed by atoms with Crippen LogP contribution in [-0.2, 0) is 43.2 Å². The molecule has 0 atom stereocenters. The zero-order chi connectivity index (χ0) is 30.9. The second-order valence-electron chi connectivity index (χ2n) is 9.44. The summed E-state index contributed by atoms with van der Waals surface area (Å²) in [5.74, 6) is -0.748. The van der Waals surface area contributed by atoms with E-state index in [1.54, 1.807) is 36.4 Å². The predicted octanol–water partition coefficient (Wildman–Crippen LogP) is 3.66. The van der Waals surface area contributed by atoms with Crippen molar-refractivity contribution in [1.82, 2.24) is 0 Å². The first kappa shape index (κ1) is 31.6. The Morgan fingerprint density at radius 1 is 0.786 bits per heavy atom. The molecule has 0 spiro atoms. The molecule has 1 aliphatic heterocycles. The zero-order valence-corrected chi connectivity index (χ0v) is 25.2. The van der Waals surface area contributed by atoms with Gasteiger partial charge in [-0.3, -0.25) is 18.7 Å². The number of anilines is 1. The van der Waals surface area contributed by atoms with Gasteiger partial charge in [0, 0.05) is 45.4 Å². The third-order valence-corrected chi connectivity index (χ3v) is 9.02. The highest BCUT2D eigenvalue weighted by atomic mass is 32.2. The number of fused-ring (bicyclic) bond motifs is 2. The molecular weight excluding hydrogens is 609 g/mol. The van der Waals surface area contributed by atoms with Crippen LogP contribution in [0.4, 0.5) is 5.69 Å². The molecule has 226 valence electrons. The van der Waals surface area contributed by atoms with Gasteiger partial charge in [-0.05, 0) is 43.2 Å². The van der Waals surface area contributed by atoms with Crippen molar-refractivity contribution in [2.75, 3.05) is 29.9 Å². The third-order valence-electron chi connectivity index (χ3n) is 6.69. The normalized spacial score (nSPS) is 13.2. The molecular formula is C27H30N2O10S3. The summed E-state index contributed by atoms with van der Waals surface area (Å²) in [6.45, 7) is 3.41. The zero-order valence-electron chi connectivity index (χ0n) is 22.7. The average molecular weight is 639 g/mol. The standard InChI is InChI=1S/C27H30N2O10S3/c1-3-17-22(28-13-15-40(30,31)32)11-9-20-25(19-7-5-6-8-24(19)42(36,37)38)21-10-12-23(29-14-16-41(33,34)35)18(4-2)27(21)39-26(17)20/h5-12,28H,3-4,13-16H2,1-2H3,(H,30,31,32)(H,33,34,35)(H,36,37,38). The monoisotopic (exact) mass is 638 g/mol. The molecule has 0 aromatic heterocycles. The fraction of sp³-hybridized carbons (Fsp3) is 0.296. The maximum atomic E-state index is 12.4. The molecule has 15 heteroatoms. The molecule has 12 nitrogen and oxygen atoms in total. The highest BCUT2D eigenvalue weighted by molar-refractivity contribution is 7.86. The summed E-state index contributed by atoms with van der Waals surface area (Å²) in [7, 11) is -13.1. The minimum absolute atomic E-state index is 0.0830. The number of rotatable bonds is 11. The van der Waals surface area contributed by atoms with Gasteiger partial charge in [0.25, 0.3) is 30.4 Å². The largest absolute Gasteiger partial charge is 0.455 e. The molecule has 0 radical (unpaired) electrons. The minimum Gasteiger partial charge on any atom is -0.455 e. The quantitative estimate of drug-likeness (QED) is 0.138. The van der Waals surface area contributed by atoms with E-state index >= 15 is 0 Å². The summed E-state index contributed by atoms with van der Waals surface area (Å²) >= 11 is 0. The molecule has 0 saturated heterocycles. The van der Waals surface area contributed by atoms with Crippen LogP contribution in [0.5, 0.6) is 0 Å². The first-order chi connectivity index (χ1) is 19.6. The fourth-order valence-corrected chi connectivity index (χ4v) is 6.29. The van der Waals surface area contributed by atoms with Crippen molar-refractivity contribution in [3.05, 3.63) is 65.0 Å². The molecule has 2 aliphatic rings. The molecule has 0 fully saturated rings. The van der Waals surface area contributed by atoms with Crippen molar-refractivity contribution in [1.29, 1.82) is 0 Å². The molecule has 0 saturated carbocycles. The Labute approximate surface area is 243 Å². The Bertz CT molecular complexity index is 2020. The third kappa shape index (κ3) is 6.99. The Balaban J connectivity index is 2.11. The first-order valence-corrected chi connectivity index (χ1v) is 17.6. The second kappa shape index (κ2) is 12.1. The van der Waals surface area contributed by atoms with Crippen molar-refractivity contribution in [2.45, 2.75) is 31.6 Å². The summed E-state index contributed by atoms with van der Waals surface area (Å²) in [5, 5.41) is 3.95. The van der Waals surface area contributed by atoms with Gasteiger partial charge in [-0.2, -0.15) is 25.3 Å². The first-order valence-electron chi connectivity index (χ1n) is 12.9. The summed E-state index contributed by atoms with van der Waals surface area (Å²) < 4.78 is 105. The lowest BCUT2D eigenvalue weighted by atomic mass is 9.89. The van der Waals surface area contributed by atoms with Gasteiger partial charge < -0.3 is 9.73 Å². The smallest absolute Gasteiger partial charge is 0.295 e. The molecule has 2 aromatic rings. The van der Waals surface area contributed by atoms with E-state index in [2.05, 4.69) is 10.3 Å². The molecule has 1 heterocycles. The Morgan fingerprint density at radius 3 is 2.07 bits per heavy atom. The Hall–Kier alpha value is -3.34. The molecule has 0 amide bonds. The van der Waals surface area contributed by atoms with Gasteiger partial charge in [0.05, 0.1) is 23.4 Å². The maximum absolute atomic E-state index is 12.4. The maximum Gasteiger partial charge on any atom is 0.295 e. The lowest BCUT2D eigenvalue weighted by Crippen LogP contribution is -2.16. The topological polar surface area (TPSA) is 201 Å². The molecule has 4 N–H and O–H groups in total. The fourth-order valence-electron chi connectivity index (χ4n) is 4.91. The van der Waals surface area contributed by atoms with Crippen LogP contribution in [0, 0.1) is 0 Å². The number of hydrogen-bond acceptors (Lipinski definition) is 9. The van der Waals surface area contributed by atoms with Crippen LogP contribution in [0.25, 0.3) is 33.4 Å². The van der Waals surface area contributed by atoms with E-state index in [1.807, 2.05) is 13.8 Å². The second-order valence-corrected chi connectivity index (χ2v) is 14.0. The van der Waals surface area contributed by atoms with Gasteiger partial charge in [-0.15, -0.1) is 0 Å². The van der Waals surface area contributed by atoms with Crippen molar-refractivity contribution in [3.8, 4) is 22.5 Å². The summed E-state index contributed by atoms with van der Waals surface area (Å²) in [6, 6.07) is 12.7. The van der Waals surface area contributed by atoms with Gasteiger partial charge in [0.15, 0.2) is 0 Å². The van der Waals surface area contributed by atoms with Crippen LogP contribution in [0.3, 0.4) is 0 Å². The minimum atomic E-state index is -4.64. The molecule has 42 heavy (non-hydrogen) atoms. The number of hydrogen-bond donors (Lipinski definition) is 4. The predicted molar refractivity (Wildman–Crippen MR) is 159 cm³/mol. The van der Waals surface area contributed by atoms with Gasteiger partial charge in [0.2, 0.25) is 0 Å². The van der Waals surface area contributed by atoms with Crippen molar-refractivity contribution in [2.24, 2.45) is 4.99 Å². The van der Waals surface area contributed by atoms with Crippen LogP contribution < -0.4 is 10.7 Å². The van der Waals surface area contributed by atoms with E-state index in [-0.39, 0.29) is 23.5 Å². The van der Waals surface area contributed by atoms with Crippen LogP contribution in [0.15, 0.2) is 62.8 Å². The Kier molecular flexibility index (Phi) is 9.11. The number of nitrogens with one attached hydrogen (secondary N) is 1. The van der Waals surface area contributed by atoms with Gasteiger partial charge in [-0.1, -0.05) is 32.0 Å². The van der Waals surface area contributed by atoms with Crippen molar-refractivity contribution >= 4 is 47.0 Å². The molecule has 2 aromatic carbocycles. The number of benzene rings is 3. The highest BCUT2D eigenvalue weighted by Crippen LogP contribution is 2.45.